The van der Waals surface area contributed by atoms with Crippen LogP contribution in [0.25, 0.3) is 6.08 Å². The second-order valence-corrected chi connectivity index (χ2v) is 4.51. The van der Waals surface area contributed by atoms with E-state index in [1.54, 1.807) is 43.5 Å². The second kappa shape index (κ2) is 7.08. The minimum Gasteiger partial charge on any atom is -0.497 e. The normalized spacial score (nSPS) is 10.4. The molecule has 0 heterocycles. The maximum atomic E-state index is 11.9. The third kappa shape index (κ3) is 3.96. The first-order valence-electron chi connectivity index (χ1n) is 6.62. The highest BCUT2D eigenvalue weighted by molar-refractivity contribution is 6.07. The molecule has 0 aliphatic carbocycles. The number of amides is 2. The molecule has 5 nitrogen and oxygen atoms in total. The third-order valence-corrected chi connectivity index (χ3v) is 2.97. The Balaban J connectivity index is 2.10. The summed E-state index contributed by atoms with van der Waals surface area (Å²) in [6.45, 7) is 0. The lowest BCUT2D eigenvalue weighted by molar-refractivity contribution is -0.111. The van der Waals surface area contributed by atoms with Gasteiger partial charge < -0.3 is 15.8 Å². The summed E-state index contributed by atoms with van der Waals surface area (Å²) in [6.07, 6.45) is 3.04. The molecular formula is C17H16N2O3. The maximum Gasteiger partial charge on any atom is 0.250 e. The van der Waals surface area contributed by atoms with Gasteiger partial charge in [-0.2, -0.15) is 0 Å². The quantitative estimate of drug-likeness (QED) is 0.831. The first-order valence-corrected chi connectivity index (χ1v) is 6.62. The van der Waals surface area contributed by atoms with E-state index in [-0.39, 0.29) is 11.5 Å². The topological polar surface area (TPSA) is 81.4 Å². The van der Waals surface area contributed by atoms with E-state index >= 15 is 0 Å². The predicted octanol–water partition coefficient (Wildman–Crippen LogP) is 2.45. The SMILES string of the molecule is COc1cccc(/C=C/C(=O)Nc2ccccc2C(N)=O)c1. The molecule has 2 rings (SSSR count). The molecule has 0 saturated carbocycles. The summed E-state index contributed by atoms with van der Waals surface area (Å²) in [5, 5.41) is 2.63. The van der Waals surface area contributed by atoms with Crippen LogP contribution < -0.4 is 15.8 Å². The van der Waals surface area contributed by atoms with E-state index in [1.807, 2.05) is 18.2 Å². The van der Waals surface area contributed by atoms with E-state index in [4.69, 9.17) is 10.5 Å². The molecule has 2 aromatic carbocycles. The van der Waals surface area contributed by atoms with Gasteiger partial charge in [0.1, 0.15) is 5.75 Å². The molecule has 0 saturated heterocycles. The maximum absolute atomic E-state index is 11.9. The number of methoxy groups -OCH3 is 1. The number of ether oxygens (including phenoxy) is 1. The Morgan fingerprint density at radius 2 is 1.91 bits per heavy atom. The summed E-state index contributed by atoms with van der Waals surface area (Å²) in [6, 6.07) is 13.9. The molecule has 3 N–H and O–H groups in total. The fourth-order valence-corrected chi connectivity index (χ4v) is 1.90. The number of carbonyl (C=O) groups is 2. The minimum absolute atomic E-state index is 0.269. The van der Waals surface area contributed by atoms with Crippen molar-refractivity contribution in [3.8, 4) is 5.75 Å². The van der Waals surface area contributed by atoms with Gasteiger partial charge in [-0.25, -0.2) is 0 Å². The van der Waals surface area contributed by atoms with Crippen LogP contribution in [0.4, 0.5) is 5.69 Å². The number of benzene rings is 2. The van der Waals surface area contributed by atoms with Gasteiger partial charge in [0.25, 0.3) is 5.91 Å². The average molecular weight is 296 g/mol. The molecule has 0 aliphatic rings. The van der Waals surface area contributed by atoms with Gasteiger partial charge in [0.2, 0.25) is 5.91 Å². The van der Waals surface area contributed by atoms with E-state index in [1.165, 1.54) is 6.08 Å². The standard InChI is InChI=1S/C17H16N2O3/c1-22-13-6-4-5-12(11-13)9-10-16(20)19-15-8-3-2-7-14(15)17(18)21/h2-11H,1H3,(H2,18,21)(H,19,20)/b10-9+. The molecule has 22 heavy (non-hydrogen) atoms. The molecule has 2 aromatic rings. The second-order valence-electron chi connectivity index (χ2n) is 4.51. The van der Waals surface area contributed by atoms with Crippen LogP contribution in [0.5, 0.6) is 5.75 Å². The monoisotopic (exact) mass is 296 g/mol. The Labute approximate surface area is 128 Å². The largest absolute Gasteiger partial charge is 0.497 e. The van der Waals surface area contributed by atoms with Crippen LogP contribution in [0.2, 0.25) is 0 Å². The Kier molecular flexibility index (Phi) is 4.93. The van der Waals surface area contributed by atoms with Gasteiger partial charge in [-0.1, -0.05) is 24.3 Å². The Hall–Kier alpha value is -3.08. The summed E-state index contributed by atoms with van der Waals surface area (Å²) in [5.74, 6) is -0.231. The van der Waals surface area contributed by atoms with Crippen molar-refractivity contribution in [2.24, 2.45) is 5.73 Å². The van der Waals surface area contributed by atoms with Gasteiger partial charge in [-0.3, -0.25) is 9.59 Å². The van der Waals surface area contributed by atoms with Crippen molar-refractivity contribution < 1.29 is 14.3 Å². The molecule has 0 aromatic heterocycles. The summed E-state index contributed by atoms with van der Waals surface area (Å²) < 4.78 is 5.11. The Bertz CT molecular complexity index is 723. The number of hydrogen-bond donors (Lipinski definition) is 2. The lowest BCUT2D eigenvalue weighted by atomic mass is 10.1. The molecule has 0 fully saturated rings. The number of para-hydroxylation sites is 1. The summed E-state index contributed by atoms with van der Waals surface area (Å²) in [5.41, 5.74) is 6.75. The van der Waals surface area contributed by atoms with Gasteiger partial charge in [0, 0.05) is 6.08 Å². The van der Waals surface area contributed by atoms with Gasteiger partial charge in [-0.15, -0.1) is 0 Å². The highest BCUT2D eigenvalue weighted by atomic mass is 16.5. The van der Waals surface area contributed by atoms with Crippen molar-refractivity contribution in [3.05, 3.63) is 65.7 Å². The number of nitrogens with two attached hydrogens (primary N) is 1. The van der Waals surface area contributed by atoms with Crippen LogP contribution in [0, 0.1) is 0 Å². The molecule has 0 aliphatic heterocycles. The van der Waals surface area contributed by atoms with E-state index in [0.717, 1.165) is 5.56 Å². The first-order chi connectivity index (χ1) is 10.6. The van der Waals surface area contributed by atoms with Crippen molar-refractivity contribution in [1.82, 2.24) is 0 Å². The van der Waals surface area contributed by atoms with Crippen LogP contribution in [0.3, 0.4) is 0 Å². The number of hydrogen-bond acceptors (Lipinski definition) is 3. The van der Waals surface area contributed by atoms with Crippen LogP contribution in [0.1, 0.15) is 15.9 Å². The zero-order valence-corrected chi connectivity index (χ0v) is 12.1. The zero-order valence-electron chi connectivity index (χ0n) is 12.1. The van der Waals surface area contributed by atoms with Crippen molar-refractivity contribution in [3.63, 3.8) is 0 Å². The minimum atomic E-state index is -0.590. The predicted molar refractivity (Wildman–Crippen MR) is 85.6 cm³/mol. The van der Waals surface area contributed by atoms with Gasteiger partial charge in [0.15, 0.2) is 0 Å². The molecule has 0 unspecified atom stereocenters. The van der Waals surface area contributed by atoms with Crippen molar-refractivity contribution in [2.45, 2.75) is 0 Å². The highest BCUT2D eigenvalue weighted by Crippen LogP contribution is 2.15. The van der Waals surface area contributed by atoms with Crippen molar-refractivity contribution >= 4 is 23.6 Å². The van der Waals surface area contributed by atoms with Crippen molar-refractivity contribution in [1.29, 1.82) is 0 Å². The van der Waals surface area contributed by atoms with Crippen LogP contribution in [-0.2, 0) is 4.79 Å². The lowest BCUT2D eigenvalue weighted by Crippen LogP contribution is -2.16. The molecule has 5 heteroatoms. The van der Waals surface area contributed by atoms with Gasteiger partial charge >= 0.3 is 0 Å². The summed E-state index contributed by atoms with van der Waals surface area (Å²) in [7, 11) is 1.58. The Morgan fingerprint density at radius 3 is 2.64 bits per heavy atom. The van der Waals surface area contributed by atoms with Crippen molar-refractivity contribution in [2.75, 3.05) is 12.4 Å². The number of primary amides is 1. The van der Waals surface area contributed by atoms with E-state index in [2.05, 4.69) is 5.32 Å². The smallest absolute Gasteiger partial charge is 0.250 e. The molecule has 2 amide bonds. The molecule has 0 atom stereocenters. The molecular weight excluding hydrogens is 280 g/mol. The molecule has 0 radical (unpaired) electrons. The molecule has 112 valence electrons. The van der Waals surface area contributed by atoms with Crippen LogP contribution in [0.15, 0.2) is 54.6 Å². The average Bonchev–Trinajstić information content (AvgIpc) is 2.53. The first kappa shape index (κ1) is 15.3. The highest BCUT2D eigenvalue weighted by Gasteiger charge is 2.08. The lowest BCUT2D eigenvalue weighted by Gasteiger charge is -2.06. The molecule has 0 spiro atoms. The zero-order chi connectivity index (χ0) is 15.9. The van der Waals surface area contributed by atoms with Gasteiger partial charge in [0.05, 0.1) is 18.4 Å². The fourth-order valence-electron chi connectivity index (χ4n) is 1.90. The summed E-state index contributed by atoms with van der Waals surface area (Å²) >= 11 is 0. The van der Waals surface area contributed by atoms with E-state index in [0.29, 0.717) is 11.4 Å². The summed E-state index contributed by atoms with van der Waals surface area (Å²) in [4.78, 5) is 23.2. The Morgan fingerprint density at radius 1 is 1.14 bits per heavy atom. The fraction of sp³-hybridized carbons (Fsp3) is 0.0588. The molecule has 0 bridgehead atoms. The van der Waals surface area contributed by atoms with Gasteiger partial charge in [-0.05, 0) is 35.9 Å². The number of anilines is 1. The van der Waals surface area contributed by atoms with Crippen LogP contribution in [-0.4, -0.2) is 18.9 Å². The third-order valence-electron chi connectivity index (χ3n) is 2.97. The van der Waals surface area contributed by atoms with E-state index in [9.17, 15) is 9.59 Å². The number of rotatable bonds is 5. The van der Waals surface area contributed by atoms with Crippen LogP contribution >= 0.6 is 0 Å². The van der Waals surface area contributed by atoms with E-state index < -0.39 is 5.91 Å². The number of carbonyl (C=O) groups excluding carboxylic acids is 2. The number of nitrogens with one attached hydrogen (secondary N) is 1.